The van der Waals surface area contributed by atoms with Crippen LogP contribution < -0.4 is 5.73 Å². The van der Waals surface area contributed by atoms with E-state index in [2.05, 4.69) is 6.92 Å². The van der Waals surface area contributed by atoms with Crippen molar-refractivity contribution in [2.24, 2.45) is 17.6 Å². The first-order valence-corrected chi connectivity index (χ1v) is 8.87. The molecular weight excluding hydrogens is 278 g/mol. The summed E-state index contributed by atoms with van der Waals surface area (Å²) >= 11 is 0. The van der Waals surface area contributed by atoms with E-state index in [-0.39, 0.29) is 17.7 Å². The van der Waals surface area contributed by atoms with Crippen molar-refractivity contribution in [1.29, 1.82) is 0 Å². The van der Waals surface area contributed by atoms with Gasteiger partial charge in [-0.15, -0.1) is 0 Å². The molecule has 1 aliphatic carbocycles. The minimum Gasteiger partial charge on any atom is -0.339 e. The van der Waals surface area contributed by atoms with Gasteiger partial charge in [-0.05, 0) is 18.8 Å². The number of amides is 2. The van der Waals surface area contributed by atoms with Gasteiger partial charge in [-0.1, -0.05) is 39.5 Å². The number of nitrogens with zero attached hydrogens (tertiary/aromatic N) is 2. The Bertz CT molecular complexity index is 363. The van der Waals surface area contributed by atoms with E-state index in [1.165, 1.54) is 19.3 Å². The fourth-order valence-electron chi connectivity index (χ4n) is 3.46. The number of nitrogens with two attached hydrogens (primary N) is 1. The van der Waals surface area contributed by atoms with Gasteiger partial charge < -0.3 is 15.5 Å². The van der Waals surface area contributed by atoms with Crippen molar-refractivity contribution in [2.45, 2.75) is 58.4 Å². The molecular formula is C17H31N3O2. The van der Waals surface area contributed by atoms with E-state index in [4.69, 9.17) is 5.73 Å². The van der Waals surface area contributed by atoms with Crippen LogP contribution >= 0.6 is 0 Å². The Kier molecular flexibility index (Phi) is 6.24. The van der Waals surface area contributed by atoms with E-state index in [0.29, 0.717) is 32.1 Å². The number of hydrogen-bond donors (Lipinski definition) is 1. The first-order chi connectivity index (χ1) is 10.5. The lowest BCUT2D eigenvalue weighted by Gasteiger charge is -2.38. The lowest BCUT2D eigenvalue weighted by Crippen LogP contribution is -2.56. The van der Waals surface area contributed by atoms with Crippen molar-refractivity contribution < 1.29 is 9.59 Å². The predicted octanol–water partition coefficient (Wildman–Crippen LogP) is 1.61. The number of carbonyl (C=O) groups is 2. The second-order valence-electron chi connectivity index (χ2n) is 6.90. The van der Waals surface area contributed by atoms with Gasteiger partial charge in [0.15, 0.2) is 0 Å². The Morgan fingerprint density at radius 3 is 2.14 bits per heavy atom. The first-order valence-electron chi connectivity index (χ1n) is 8.87. The number of hydrogen-bond acceptors (Lipinski definition) is 3. The summed E-state index contributed by atoms with van der Waals surface area (Å²) in [4.78, 5) is 28.7. The Morgan fingerprint density at radius 2 is 1.59 bits per heavy atom. The lowest BCUT2D eigenvalue weighted by atomic mass is 9.88. The number of carbonyl (C=O) groups excluding carboxylic acids is 2. The third kappa shape index (κ3) is 4.00. The monoisotopic (exact) mass is 309 g/mol. The SMILES string of the molecule is CC[C@H](C)[C@H](N)C(=O)N1CCN(C(=O)C2CCCCC2)CC1. The molecule has 0 aromatic carbocycles. The molecule has 2 fully saturated rings. The van der Waals surface area contributed by atoms with Crippen LogP contribution in [-0.2, 0) is 9.59 Å². The zero-order chi connectivity index (χ0) is 16.1. The van der Waals surface area contributed by atoms with Crippen molar-refractivity contribution in [3.05, 3.63) is 0 Å². The summed E-state index contributed by atoms with van der Waals surface area (Å²) in [7, 11) is 0. The third-order valence-corrected chi connectivity index (χ3v) is 5.40. The van der Waals surface area contributed by atoms with Gasteiger partial charge >= 0.3 is 0 Å². The molecule has 126 valence electrons. The maximum atomic E-state index is 12.5. The molecule has 1 aliphatic heterocycles. The van der Waals surface area contributed by atoms with Crippen molar-refractivity contribution in [3.63, 3.8) is 0 Å². The molecule has 0 spiro atoms. The average Bonchev–Trinajstić information content (AvgIpc) is 2.60. The van der Waals surface area contributed by atoms with Crippen LogP contribution in [0.3, 0.4) is 0 Å². The third-order valence-electron chi connectivity index (χ3n) is 5.40. The Labute approximate surface area is 134 Å². The zero-order valence-electron chi connectivity index (χ0n) is 14.1. The molecule has 2 N–H and O–H groups in total. The zero-order valence-corrected chi connectivity index (χ0v) is 14.1. The molecule has 2 atom stereocenters. The summed E-state index contributed by atoms with van der Waals surface area (Å²) in [6.07, 6.45) is 6.61. The molecule has 0 aromatic rings. The first kappa shape index (κ1) is 17.3. The van der Waals surface area contributed by atoms with Crippen molar-refractivity contribution >= 4 is 11.8 Å². The normalized spacial score (nSPS) is 23.2. The standard InChI is InChI=1S/C17H31N3O2/c1-3-13(2)15(18)17(22)20-11-9-19(10-12-20)16(21)14-7-5-4-6-8-14/h13-15H,3-12,18H2,1-2H3/t13-,15-/m0/s1. The Hall–Kier alpha value is -1.10. The number of piperazine rings is 1. The molecule has 2 aliphatic rings. The van der Waals surface area contributed by atoms with Gasteiger partial charge in [0.25, 0.3) is 0 Å². The van der Waals surface area contributed by atoms with Gasteiger partial charge in [-0.3, -0.25) is 9.59 Å². The molecule has 1 heterocycles. The molecule has 2 rings (SSSR count). The van der Waals surface area contributed by atoms with Crippen LogP contribution in [0.15, 0.2) is 0 Å². The van der Waals surface area contributed by atoms with Gasteiger partial charge in [-0.2, -0.15) is 0 Å². The minimum absolute atomic E-state index is 0.0408. The van der Waals surface area contributed by atoms with Crippen molar-refractivity contribution in [1.82, 2.24) is 9.80 Å². The largest absolute Gasteiger partial charge is 0.339 e. The molecule has 22 heavy (non-hydrogen) atoms. The highest BCUT2D eigenvalue weighted by Gasteiger charge is 2.31. The smallest absolute Gasteiger partial charge is 0.239 e. The molecule has 0 unspecified atom stereocenters. The van der Waals surface area contributed by atoms with Crippen molar-refractivity contribution in [2.75, 3.05) is 26.2 Å². The van der Waals surface area contributed by atoms with Gasteiger partial charge in [-0.25, -0.2) is 0 Å². The van der Waals surface area contributed by atoms with Crippen LogP contribution in [0.25, 0.3) is 0 Å². The van der Waals surface area contributed by atoms with E-state index in [1.54, 1.807) is 0 Å². The fourth-order valence-corrected chi connectivity index (χ4v) is 3.46. The topological polar surface area (TPSA) is 66.6 Å². The molecule has 5 heteroatoms. The second kappa shape index (κ2) is 7.95. The highest BCUT2D eigenvalue weighted by Crippen LogP contribution is 2.26. The second-order valence-corrected chi connectivity index (χ2v) is 6.90. The van der Waals surface area contributed by atoms with Gasteiger partial charge in [0, 0.05) is 32.1 Å². The quantitative estimate of drug-likeness (QED) is 0.858. The molecule has 0 bridgehead atoms. The van der Waals surface area contributed by atoms with Gasteiger partial charge in [0.05, 0.1) is 6.04 Å². The summed E-state index contributed by atoms with van der Waals surface area (Å²) in [6.45, 7) is 6.65. The summed E-state index contributed by atoms with van der Waals surface area (Å²) in [5.74, 6) is 0.768. The molecule has 1 saturated carbocycles. The van der Waals surface area contributed by atoms with Crippen LogP contribution in [0, 0.1) is 11.8 Å². The summed E-state index contributed by atoms with van der Waals surface area (Å²) in [5, 5.41) is 0. The van der Waals surface area contributed by atoms with Crippen LogP contribution in [0.5, 0.6) is 0 Å². The number of rotatable bonds is 4. The minimum atomic E-state index is -0.411. The van der Waals surface area contributed by atoms with Gasteiger partial charge in [0.2, 0.25) is 11.8 Å². The van der Waals surface area contributed by atoms with Crippen LogP contribution in [0.2, 0.25) is 0 Å². The summed E-state index contributed by atoms with van der Waals surface area (Å²) in [6, 6.07) is -0.411. The molecule has 0 aromatic heterocycles. The molecule has 2 amide bonds. The van der Waals surface area contributed by atoms with E-state index in [1.807, 2.05) is 16.7 Å². The van der Waals surface area contributed by atoms with Gasteiger partial charge in [0.1, 0.15) is 0 Å². The molecule has 1 saturated heterocycles. The summed E-state index contributed by atoms with van der Waals surface area (Å²) in [5.41, 5.74) is 6.04. The Morgan fingerprint density at radius 1 is 1.05 bits per heavy atom. The van der Waals surface area contributed by atoms with E-state index >= 15 is 0 Å². The fraction of sp³-hybridized carbons (Fsp3) is 0.882. The highest BCUT2D eigenvalue weighted by atomic mass is 16.2. The molecule has 0 radical (unpaired) electrons. The lowest BCUT2D eigenvalue weighted by molar-refractivity contribution is -0.143. The highest BCUT2D eigenvalue weighted by molar-refractivity contribution is 5.83. The predicted molar refractivity (Wildman–Crippen MR) is 87.2 cm³/mol. The molecule has 5 nitrogen and oxygen atoms in total. The van der Waals surface area contributed by atoms with Crippen LogP contribution in [0.1, 0.15) is 52.4 Å². The van der Waals surface area contributed by atoms with Crippen molar-refractivity contribution in [3.8, 4) is 0 Å². The van der Waals surface area contributed by atoms with Crippen LogP contribution in [-0.4, -0.2) is 53.8 Å². The maximum Gasteiger partial charge on any atom is 0.239 e. The average molecular weight is 309 g/mol. The van der Waals surface area contributed by atoms with E-state index < -0.39 is 6.04 Å². The maximum absolute atomic E-state index is 12.5. The summed E-state index contributed by atoms with van der Waals surface area (Å²) < 4.78 is 0. The van der Waals surface area contributed by atoms with Crippen LogP contribution in [0.4, 0.5) is 0 Å². The van der Waals surface area contributed by atoms with E-state index in [9.17, 15) is 9.59 Å². The van der Waals surface area contributed by atoms with E-state index in [0.717, 1.165) is 19.3 Å². The Balaban J connectivity index is 1.82.